The largest absolute Gasteiger partial charge is 0.386 e. The monoisotopic (exact) mass is 290 g/mol. The maximum absolute atomic E-state index is 11.7. The molecular formula is C15H18N2O2S. The first-order chi connectivity index (χ1) is 9.56. The molecule has 3 N–H and O–H groups in total. The Morgan fingerprint density at radius 1 is 1.25 bits per heavy atom. The third-order valence-corrected chi connectivity index (χ3v) is 4.09. The van der Waals surface area contributed by atoms with Gasteiger partial charge in [0.2, 0.25) is 0 Å². The minimum Gasteiger partial charge on any atom is -0.386 e. The van der Waals surface area contributed by atoms with Crippen molar-refractivity contribution in [3.05, 3.63) is 51.7 Å². The maximum Gasteiger partial charge on any atom is 0.319 e. The van der Waals surface area contributed by atoms with Crippen LogP contribution in [0.3, 0.4) is 0 Å². The van der Waals surface area contributed by atoms with E-state index >= 15 is 0 Å². The van der Waals surface area contributed by atoms with Crippen molar-refractivity contribution in [2.75, 3.05) is 11.9 Å². The SMILES string of the molecule is Cc1ccc(NC(=O)NCC(O)c2sccc2C)cc1. The van der Waals surface area contributed by atoms with Crippen molar-refractivity contribution in [3.63, 3.8) is 0 Å². The lowest BCUT2D eigenvalue weighted by Crippen LogP contribution is -2.32. The number of thiophene rings is 1. The van der Waals surface area contributed by atoms with Gasteiger partial charge in [-0.05, 0) is 43.0 Å². The van der Waals surface area contributed by atoms with E-state index < -0.39 is 6.10 Å². The molecule has 0 aliphatic rings. The van der Waals surface area contributed by atoms with Crippen LogP contribution in [0, 0.1) is 13.8 Å². The molecule has 1 unspecified atom stereocenters. The van der Waals surface area contributed by atoms with Crippen LogP contribution in [-0.2, 0) is 0 Å². The zero-order valence-electron chi connectivity index (χ0n) is 11.5. The Kier molecular flexibility index (Phi) is 4.76. The van der Waals surface area contributed by atoms with Crippen molar-refractivity contribution in [2.45, 2.75) is 20.0 Å². The predicted molar refractivity (Wildman–Crippen MR) is 82.2 cm³/mol. The Bertz CT molecular complexity index is 578. The number of urea groups is 1. The van der Waals surface area contributed by atoms with Gasteiger partial charge in [0.25, 0.3) is 0 Å². The van der Waals surface area contributed by atoms with Gasteiger partial charge in [0, 0.05) is 10.6 Å². The van der Waals surface area contributed by atoms with Crippen LogP contribution in [0.1, 0.15) is 22.1 Å². The molecular weight excluding hydrogens is 272 g/mol. The molecule has 0 aliphatic heterocycles. The molecule has 0 radical (unpaired) electrons. The maximum atomic E-state index is 11.7. The number of aliphatic hydroxyl groups is 1. The Morgan fingerprint density at radius 3 is 2.55 bits per heavy atom. The number of amides is 2. The average Bonchev–Trinajstić information content (AvgIpc) is 2.85. The van der Waals surface area contributed by atoms with Gasteiger partial charge < -0.3 is 15.7 Å². The van der Waals surface area contributed by atoms with E-state index in [0.717, 1.165) is 21.7 Å². The Hall–Kier alpha value is -1.85. The molecule has 106 valence electrons. The molecule has 1 atom stereocenters. The van der Waals surface area contributed by atoms with Crippen molar-refractivity contribution in [1.82, 2.24) is 5.32 Å². The number of benzene rings is 1. The molecule has 0 bridgehead atoms. The smallest absolute Gasteiger partial charge is 0.319 e. The van der Waals surface area contributed by atoms with Crippen molar-refractivity contribution in [3.8, 4) is 0 Å². The molecule has 0 saturated carbocycles. The summed E-state index contributed by atoms with van der Waals surface area (Å²) in [5.41, 5.74) is 2.91. The summed E-state index contributed by atoms with van der Waals surface area (Å²) >= 11 is 1.49. The molecule has 0 spiro atoms. The van der Waals surface area contributed by atoms with Gasteiger partial charge in [-0.15, -0.1) is 11.3 Å². The summed E-state index contributed by atoms with van der Waals surface area (Å²) < 4.78 is 0. The van der Waals surface area contributed by atoms with Crippen LogP contribution in [0.4, 0.5) is 10.5 Å². The van der Waals surface area contributed by atoms with Crippen LogP contribution >= 0.6 is 11.3 Å². The quantitative estimate of drug-likeness (QED) is 0.809. The number of aliphatic hydroxyl groups excluding tert-OH is 1. The minimum absolute atomic E-state index is 0.194. The molecule has 5 heteroatoms. The van der Waals surface area contributed by atoms with Gasteiger partial charge >= 0.3 is 6.03 Å². The van der Waals surface area contributed by atoms with Crippen molar-refractivity contribution in [2.24, 2.45) is 0 Å². The molecule has 0 saturated heterocycles. The summed E-state index contributed by atoms with van der Waals surface area (Å²) in [5, 5.41) is 17.3. The number of carbonyl (C=O) groups is 1. The molecule has 2 rings (SSSR count). The van der Waals surface area contributed by atoms with E-state index in [4.69, 9.17) is 0 Å². The summed E-state index contributed by atoms with van der Waals surface area (Å²) in [6.07, 6.45) is -0.668. The fraction of sp³-hybridized carbons (Fsp3) is 0.267. The number of carbonyl (C=O) groups excluding carboxylic acids is 1. The van der Waals surface area contributed by atoms with E-state index in [1.165, 1.54) is 11.3 Å². The first-order valence-electron chi connectivity index (χ1n) is 6.40. The molecule has 2 amide bonds. The highest BCUT2D eigenvalue weighted by atomic mass is 32.1. The Balaban J connectivity index is 1.83. The first kappa shape index (κ1) is 14.6. The van der Waals surface area contributed by atoms with Gasteiger partial charge in [-0.3, -0.25) is 0 Å². The third-order valence-electron chi connectivity index (χ3n) is 2.97. The van der Waals surface area contributed by atoms with E-state index in [1.807, 2.05) is 49.6 Å². The number of rotatable bonds is 4. The molecule has 0 fully saturated rings. The van der Waals surface area contributed by atoms with Crippen LogP contribution in [0.5, 0.6) is 0 Å². The molecule has 20 heavy (non-hydrogen) atoms. The number of anilines is 1. The van der Waals surface area contributed by atoms with Crippen molar-refractivity contribution >= 4 is 23.1 Å². The van der Waals surface area contributed by atoms with E-state index in [-0.39, 0.29) is 12.6 Å². The van der Waals surface area contributed by atoms with Gasteiger partial charge in [0.05, 0.1) is 6.54 Å². The zero-order valence-corrected chi connectivity index (χ0v) is 12.3. The van der Waals surface area contributed by atoms with Crippen LogP contribution < -0.4 is 10.6 Å². The molecule has 1 heterocycles. The molecule has 1 aromatic heterocycles. The number of hydrogen-bond donors (Lipinski definition) is 3. The van der Waals surface area contributed by atoms with Crippen LogP contribution in [-0.4, -0.2) is 17.7 Å². The third kappa shape index (κ3) is 3.82. The van der Waals surface area contributed by atoms with Crippen LogP contribution in [0.2, 0.25) is 0 Å². The lowest BCUT2D eigenvalue weighted by atomic mass is 10.2. The van der Waals surface area contributed by atoms with Crippen LogP contribution in [0.25, 0.3) is 0 Å². The molecule has 4 nitrogen and oxygen atoms in total. The van der Waals surface area contributed by atoms with Gasteiger partial charge in [-0.25, -0.2) is 4.79 Å². The average molecular weight is 290 g/mol. The standard InChI is InChI=1S/C15H18N2O2S/c1-10-3-5-12(6-4-10)17-15(19)16-9-13(18)14-11(2)7-8-20-14/h3-8,13,18H,9H2,1-2H3,(H2,16,17,19). The fourth-order valence-electron chi connectivity index (χ4n) is 1.82. The Labute approximate surface area is 122 Å². The summed E-state index contributed by atoms with van der Waals surface area (Å²) in [6.45, 7) is 4.13. The molecule has 2 aromatic rings. The van der Waals surface area contributed by atoms with E-state index in [0.29, 0.717) is 0 Å². The minimum atomic E-state index is -0.668. The van der Waals surface area contributed by atoms with Gasteiger partial charge in [0.1, 0.15) is 6.10 Å². The second-order valence-corrected chi connectivity index (χ2v) is 5.63. The van der Waals surface area contributed by atoms with E-state index in [1.54, 1.807) is 0 Å². The summed E-state index contributed by atoms with van der Waals surface area (Å²) in [7, 11) is 0. The lowest BCUT2D eigenvalue weighted by molar-refractivity contribution is 0.178. The van der Waals surface area contributed by atoms with Gasteiger partial charge in [-0.1, -0.05) is 17.7 Å². The zero-order chi connectivity index (χ0) is 14.5. The van der Waals surface area contributed by atoms with Crippen molar-refractivity contribution in [1.29, 1.82) is 0 Å². The summed E-state index contributed by atoms with van der Waals surface area (Å²) in [5.74, 6) is 0. The number of aryl methyl sites for hydroxylation is 2. The van der Waals surface area contributed by atoms with Crippen molar-refractivity contribution < 1.29 is 9.90 Å². The molecule has 1 aromatic carbocycles. The lowest BCUT2D eigenvalue weighted by Gasteiger charge is -2.12. The Morgan fingerprint density at radius 2 is 1.95 bits per heavy atom. The second-order valence-electron chi connectivity index (χ2n) is 4.68. The van der Waals surface area contributed by atoms with E-state index in [2.05, 4.69) is 10.6 Å². The highest BCUT2D eigenvalue weighted by Gasteiger charge is 2.13. The van der Waals surface area contributed by atoms with Crippen LogP contribution in [0.15, 0.2) is 35.7 Å². The molecule has 0 aliphatic carbocycles. The summed E-state index contributed by atoms with van der Waals surface area (Å²) in [6, 6.07) is 9.18. The first-order valence-corrected chi connectivity index (χ1v) is 7.28. The highest BCUT2D eigenvalue weighted by Crippen LogP contribution is 2.23. The van der Waals surface area contributed by atoms with Gasteiger partial charge in [-0.2, -0.15) is 0 Å². The number of hydrogen-bond acceptors (Lipinski definition) is 3. The topological polar surface area (TPSA) is 61.4 Å². The second kappa shape index (κ2) is 6.54. The predicted octanol–water partition coefficient (Wildman–Crippen LogP) is 3.22. The van der Waals surface area contributed by atoms with E-state index in [9.17, 15) is 9.90 Å². The fourth-order valence-corrected chi connectivity index (χ4v) is 2.73. The normalized spacial score (nSPS) is 11.9. The van der Waals surface area contributed by atoms with Gasteiger partial charge in [0.15, 0.2) is 0 Å². The highest BCUT2D eigenvalue weighted by molar-refractivity contribution is 7.10. The number of nitrogens with one attached hydrogen (secondary N) is 2. The summed E-state index contributed by atoms with van der Waals surface area (Å²) in [4.78, 5) is 12.6.